The van der Waals surface area contributed by atoms with Crippen molar-refractivity contribution in [1.82, 2.24) is 0 Å². The largest absolute Gasteiger partial charge is 1.00 e. The standard InChI is InChI=1S/8Na.4H2O.8H/h;;;;;;;;4*1H2;;;;;;;;/q8*+1;;;;;8*-1. The molecule has 0 radical (unpaired) electrons. The zero-order chi connectivity index (χ0) is 0. The van der Waals surface area contributed by atoms with Crippen molar-refractivity contribution in [3.8, 4) is 0 Å². The zero-order valence-electron chi connectivity index (χ0n) is 18.0. The Morgan fingerprint density at radius 3 is 0.250 bits per heavy atom. The first-order valence-corrected chi connectivity index (χ1v) is 0. The maximum absolute atomic E-state index is 0. The van der Waals surface area contributed by atoms with Gasteiger partial charge in [-0.25, -0.2) is 0 Å². The fourth-order valence-electron chi connectivity index (χ4n) is 0. The molecule has 0 saturated heterocycles. The smallest absolute Gasteiger partial charge is 1.00 e. The topological polar surface area (TPSA) is 126 Å². The Hall–Kier alpha value is 7.84. The molecule has 0 aliphatic heterocycles. The van der Waals surface area contributed by atoms with Gasteiger partial charge in [0.05, 0.1) is 0 Å². The third-order valence-electron chi connectivity index (χ3n) is 0. The van der Waals surface area contributed by atoms with Crippen molar-refractivity contribution in [3.05, 3.63) is 0 Å². The summed E-state index contributed by atoms with van der Waals surface area (Å²) in [6.45, 7) is 0. The molecule has 0 aromatic carbocycles. The van der Waals surface area contributed by atoms with Crippen molar-refractivity contribution >= 4 is 0 Å². The maximum Gasteiger partial charge on any atom is 1.00 e. The molecule has 8 N–H and O–H groups in total. The van der Waals surface area contributed by atoms with Crippen molar-refractivity contribution in [2.45, 2.75) is 0 Å². The van der Waals surface area contributed by atoms with Gasteiger partial charge in [-0.2, -0.15) is 0 Å². The van der Waals surface area contributed by atoms with E-state index in [1.807, 2.05) is 0 Å². The van der Waals surface area contributed by atoms with E-state index in [0.29, 0.717) is 0 Å². The van der Waals surface area contributed by atoms with Crippen LogP contribution in [0.4, 0.5) is 0 Å². The van der Waals surface area contributed by atoms with Crippen LogP contribution in [0.5, 0.6) is 0 Å². The van der Waals surface area contributed by atoms with Gasteiger partial charge in [-0.15, -0.1) is 0 Å². The summed E-state index contributed by atoms with van der Waals surface area (Å²) in [5, 5.41) is 0. The van der Waals surface area contributed by atoms with E-state index >= 15 is 0 Å². The molecule has 0 bridgehead atoms. The first-order valence-electron chi connectivity index (χ1n) is 0. The Morgan fingerprint density at radius 1 is 0.250 bits per heavy atom. The maximum atomic E-state index is 0. The van der Waals surface area contributed by atoms with Crippen LogP contribution in [0, 0.1) is 0 Å². The van der Waals surface area contributed by atoms with E-state index in [-0.39, 0.29) is 270 Å². The Balaban J connectivity index is 0. The first-order chi connectivity index (χ1) is 0. The minimum atomic E-state index is 0. The van der Waals surface area contributed by atoms with Crippen LogP contribution < -0.4 is 236 Å². The van der Waals surface area contributed by atoms with Gasteiger partial charge in [-0.05, 0) is 0 Å². The molecule has 0 fully saturated rings. The average Bonchev–Trinajstić information content (AvgIpc) is 0. The normalized spacial score (nSPS) is 0. The number of hydrogen-bond donors (Lipinski definition) is 0. The van der Waals surface area contributed by atoms with Gasteiger partial charge in [0, 0.05) is 0 Å². The van der Waals surface area contributed by atoms with Crippen LogP contribution in [-0.2, 0) is 0 Å². The quantitative estimate of drug-likeness (QED) is 0.385. The van der Waals surface area contributed by atoms with Crippen molar-refractivity contribution in [1.29, 1.82) is 0 Å². The van der Waals surface area contributed by atoms with Crippen LogP contribution in [-0.4, -0.2) is 21.9 Å². The van der Waals surface area contributed by atoms with Gasteiger partial charge in [0.1, 0.15) is 0 Å². The monoisotopic (exact) mass is 264 g/mol. The summed E-state index contributed by atoms with van der Waals surface area (Å²) < 4.78 is 0. The second kappa shape index (κ2) is 97.6. The van der Waals surface area contributed by atoms with Crippen molar-refractivity contribution in [3.63, 3.8) is 0 Å². The summed E-state index contributed by atoms with van der Waals surface area (Å²) in [5.74, 6) is 0. The predicted molar refractivity (Wildman–Crippen MR) is 23.4 cm³/mol. The molecule has 0 aromatic heterocycles. The summed E-state index contributed by atoms with van der Waals surface area (Å²) in [6, 6.07) is 0. The molecular weight excluding hydrogens is 248 g/mol. The summed E-state index contributed by atoms with van der Waals surface area (Å²) >= 11 is 0. The van der Waals surface area contributed by atoms with Crippen molar-refractivity contribution < 1.29 is 270 Å². The summed E-state index contributed by atoms with van der Waals surface area (Å²) in [4.78, 5) is 0. The second-order valence-electron chi connectivity index (χ2n) is 0. The third kappa shape index (κ3) is 82.3. The molecule has 0 atom stereocenters. The molecule has 0 unspecified atom stereocenters. The van der Waals surface area contributed by atoms with E-state index in [2.05, 4.69) is 0 Å². The molecule has 4 nitrogen and oxygen atoms in total. The van der Waals surface area contributed by atoms with Crippen molar-refractivity contribution in [2.75, 3.05) is 0 Å². The third-order valence-corrected chi connectivity index (χ3v) is 0. The predicted octanol–water partition coefficient (Wildman–Crippen LogP) is -26.4. The first kappa shape index (κ1) is 115. The molecule has 12 heavy (non-hydrogen) atoms. The van der Waals surface area contributed by atoms with E-state index in [1.54, 1.807) is 0 Å². The minimum absolute atomic E-state index is 0. The van der Waals surface area contributed by atoms with Crippen molar-refractivity contribution in [2.24, 2.45) is 0 Å². The minimum Gasteiger partial charge on any atom is -1.00 e. The van der Waals surface area contributed by atoms with Crippen LogP contribution in [0.1, 0.15) is 11.4 Å². The molecule has 0 amide bonds. The van der Waals surface area contributed by atoms with Gasteiger partial charge in [0.25, 0.3) is 0 Å². The Bertz CT molecular complexity index is 30.4. The van der Waals surface area contributed by atoms with Gasteiger partial charge in [0.15, 0.2) is 0 Å². The average molecular weight is 264 g/mol. The van der Waals surface area contributed by atoms with Crippen LogP contribution in [0.3, 0.4) is 0 Å². The second-order valence-corrected chi connectivity index (χ2v) is 0. The van der Waals surface area contributed by atoms with E-state index in [1.165, 1.54) is 0 Å². The molecule has 0 rings (SSSR count). The van der Waals surface area contributed by atoms with Crippen LogP contribution in [0.15, 0.2) is 0 Å². The Labute approximate surface area is 262 Å². The molecule has 0 saturated carbocycles. The van der Waals surface area contributed by atoms with Gasteiger partial charge in [-0.1, -0.05) is 0 Å². The SMILES string of the molecule is O.O.O.O.[H-].[H-].[H-].[H-].[H-].[H-].[H-].[H-].[Na+].[Na+].[Na+].[Na+].[Na+].[Na+].[Na+].[Na+]. The summed E-state index contributed by atoms with van der Waals surface area (Å²) in [5.41, 5.74) is 0. The molecule has 0 aromatic rings. The summed E-state index contributed by atoms with van der Waals surface area (Å²) in [6.07, 6.45) is 0. The fraction of sp³-hybridized carbons (Fsp3) is 0. The number of rotatable bonds is 0. The van der Waals surface area contributed by atoms with Crippen LogP contribution in [0.2, 0.25) is 0 Å². The number of hydrogen-bond acceptors (Lipinski definition) is 0. The van der Waals surface area contributed by atoms with Gasteiger partial charge < -0.3 is 33.3 Å². The van der Waals surface area contributed by atoms with E-state index in [0.717, 1.165) is 0 Å². The van der Waals surface area contributed by atoms with E-state index in [9.17, 15) is 0 Å². The van der Waals surface area contributed by atoms with Gasteiger partial charge in [0.2, 0.25) is 0 Å². The molecule has 0 aliphatic carbocycles. The fourth-order valence-corrected chi connectivity index (χ4v) is 0. The van der Waals surface area contributed by atoms with E-state index in [4.69, 9.17) is 0 Å². The Morgan fingerprint density at radius 2 is 0.250 bits per heavy atom. The Kier molecular flexibility index (Phi) is 931. The molecule has 48 valence electrons. The molecule has 0 heterocycles. The molecule has 0 spiro atoms. The van der Waals surface area contributed by atoms with Gasteiger partial charge in [-0.3, -0.25) is 0 Å². The molecule has 0 aliphatic rings. The van der Waals surface area contributed by atoms with E-state index < -0.39 is 0 Å². The van der Waals surface area contributed by atoms with Crippen LogP contribution >= 0.6 is 0 Å². The van der Waals surface area contributed by atoms with Gasteiger partial charge >= 0.3 is 236 Å². The van der Waals surface area contributed by atoms with Crippen LogP contribution in [0.25, 0.3) is 0 Å². The molecular formula is H16Na8O4. The zero-order valence-corrected chi connectivity index (χ0v) is 26.0. The summed E-state index contributed by atoms with van der Waals surface area (Å²) in [7, 11) is 0. The molecule has 12 heteroatoms.